The monoisotopic (exact) mass is 327 g/mol. The number of nitrogens with zero attached hydrogens (tertiary/aromatic N) is 4. The first-order valence-corrected chi connectivity index (χ1v) is 8.75. The third kappa shape index (κ3) is 4.89. The maximum Gasteiger partial charge on any atom is 0.251 e. The molecule has 3 rings (SSSR count). The Balaban J connectivity index is 1.41. The van der Waals surface area contributed by atoms with Gasteiger partial charge in [-0.3, -0.25) is 14.4 Å². The van der Waals surface area contributed by atoms with Gasteiger partial charge in [-0.05, 0) is 50.0 Å². The molecule has 6 nitrogen and oxygen atoms in total. The number of benzene rings is 1. The summed E-state index contributed by atoms with van der Waals surface area (Å²) in [6.07, 6.45) is 8.27. The molecule has 0 saturated carbocycles. The summed E-state index contributed by atoms with van der Waals surface area (Å²) in [4.78, 5) is 14.6. The number of rotatable bonds is 7. The molecule has 0 unspecified atom stereocenters. The van der Waals surface area contributed by atoms with Crippen LogP contribution in [0.15, 0.2) is 36.7 Å². The molecule has 1 aliphatic heterocycles. The van der Waals surface area contributed by atoms with Crippen LogP contribution in [0.3, 0.4) is 0 Å². The van der Waals surface area contributed by atoms with E-state index < -0.39 is 0 Å². The van der Waals surface area contributed by atoms with E-state index in [0.29, 0.717) is 6.54 Å². The number of aryl methyl sites for hydroxylation is 1. The van der Waals surface area contributed by atoms with Gasteiger partial charge in [0.1, 0.15) is 0 Å². The highest BCUT2D eigenvalue weighted by molar-refractivity contribution is 5.94. The summed E-state index contributed by atoms with van der Waals surface area (Å²) in [6.45, 7) is 4.76. The van der Waals surface area contributed by atoms with Crippen molar-refractivity contribution in [3.8, 4) is 0 Å². The number of nitrogens with one attached hydrogen (secondary N) is 1. The molecule has 1 aromatic heterocycles. The maximum atomic E-state index is 12.2. The lowest BCUT2D eigenvalue weighted by atomic mass is 10.1. The SMILES string of the molecule is O=C(NCCCn1ccnn1)c1ccc(CN2CCCCC2)cc1. The Hall–Kier alpha value is -2.21. The lowest BCUT2D eigenvalue weighted by Gasteiger charge is -2.26. The quantitative estimate of drug-likeness (QED) is 0.791. The van der Waals surface area contributed by atoms with Crippen molar-refractivity contribution in [3.63, 3.8) is 0 Å². The number of piperidine rings is 1. The molecule has 0 aliphatic carbocycles. The van der Waals surface area contributed by atoms with Crippen LogP contribution >= 0.6 is 0 Å². The van der Waals surface area contributed by atoms with Gasteiger partial charge in [-0.2, -0.15) is 0 Å². The zero-order valence-electron chi connectivity index (χ0n) is 14.0. The number of hydrogen-bond donors (Lipinski definition) is 1. The van der Waals surface area contributed by atoms with Crippen LogP contribution in [-0.4, -0.2) is 45.4 Å². The Morgan fingerprint density at radius 3 is 2.62 bits per heavy atom. The van der Waals surface area contributed by atoms with Crippen LogP contribution in [-0.2, 0) is 13.1 Å². The molecule has 1 saturated heterocycles. The van der Waals surface area contributed by atoms with Crippen molar-refractivity contribution < 1.29 is 4.79 Å². The Kier molecular flexibility index (Phi) is 5.96. The number of carbonyl (C=O) groups is 1. The van der Waals surface area contributed by atoms with Crippen LogP contribution in [0, 0.1) is 0 Å². The molecule has 0 atom stereocenters. The van der Waals surface area contributed by atoms with Crippen molar-refractivity contribution in [1.29, 1.82) is 0 Å². The fourth-order valence-corrected chi connectivity index (χ4v) is 3.03. The second-order valence-corrected chi connectivity index (χ2v) is 6.31. The molecule has 0 bridgehead atoms. The molecule has 6 heteroatoms. The minimum Gasteiger partial charge on any atom is -0.352 e. The van der Waals surface area contributed by atoms with Crippen molar-refractivity contribution >= 4 is 5.91 Å². The van der Waals surface area contributed by atoms with Crippen molar-refractivity contribution in [2.75, 3.05) is 19.6 Å². The van der Waals surface area contributed by atoms with Gasteiger partial charge in [0, 0.05) is 31.4 Å². The molecule has 2 aromatic rings. The normalized spacial score (nSPS) is 15.3. The molecule has 1 aromatic carbocycles. The van der Waals surface area contributed by atoms with E-state index in [-0.39, 0.29) is 5.91 Å². The zero-order valence-corrected chi connectivity index (χ0v) is 14.0. The molecule has 1 fully saturated rings. The summed E-state index contributed by atoms with van der Waals surface area (Å²) < 4.78 is 1.77. The third-order valence-electron chi connectivity index (χ3n) is 4.39. The van der Waals surface area contributed by atoms with Crippen molar-refractivity contribution in [2.45, 2.75) is 38.8 Å². The first kappa shape index (κ1) is 16.6. The van der Waals surface area contributed by atoms with E-state index in [4.69, 9.17) is 0 Å². The Bertz CT molecular complexity index is 617. The Labute approximate surface area is 142 Å². The number of amides is 1. The molecule has 128 valence electrons. The van der Waals surface area contributed by atoms with Gasteiger partial charge in [0.25, 0.3) is 5.91 Å². The van der Waals surface area contributed by atoms with E-state index in [1.807, 2.05) is 18.3 Å². The zero-order chi connectivity index (χ0) is 16.6. The average Bonchev–Trinajstić information content (AvgIpc) is 3.13. The highest BCUT2D eigenvalue weighted by atomic mass is 16.1. The molecular weight excluding hydrogens is 302 g/mol. The number of hydrogen-bond acceptors (Lipinski definition) is 4. The molecule has 1 aliphatic rings. The minimum atomic E-state index is -0.0156. The lowest BCUT2D eigenvalue weighted by Crippen LogP contribution is -2.29. The van der Waals surface area contributed by atoms with Crippen molar-refractivity contribution in [1.82, 2.24) is 25.2 Å². The summed E-state index contributed by atoms with van der Waals surface area (Å²) in [5.74, 6) is -0.0156. The van der Waals surface area contributed by atoms with Gasteiger partial charge in [-0.1, -0.05) is 23.8 Å². The van der Waals surface area contributed by atoms with Crippen LogP contribution in [0.1, 0.15) is 41.6 Å². The summed E-state index contributed by atoms with van der Waals surface area (Å²) in [5.41, 5.74) is 2.00. The maximum absolute atomic E-state index is 12.2. The van der Waals surface area contributed by atoms with Gasteiger partial charge in [-0.25, -0.2) is 0 Å². The lowest BCUT2D eigenvalue weighted by molar-refractivity contribution is 0.0952. The van der Waals surface area contributed by atoms with Crippen LogP contribution in [0.25, 0.3) is 0 Å². The fraction of sp³-hybridized carbons (Fsp3) is 0.500. The van der Waals surface area contributed by atoms with Crippen LogP contribution in [0.4, 0.5) is 0 Å². The second-order valence-electron chi connectivity index (χ2n) is 6.31. The third-order valence-corrected chi connectivity index (χ3v) is 4.39. The second kappa shape index (κ2) is 8.59. The van der Waals surface area contributed by atoms with Gasteiger partial charge in [0.2, 0.25) is 0 Å². The van der Waals surface area contributed by atoms with Gasteiger partial charge < -0.3 is 5.32 Å². The molecule has 24 heavy (non-hydrogen) atoms. The summed E-state index contributed by atoms with van der Waals surface area (Å²) in [7, 11) is 0. The topological polar surface area (TPSA) is 63.1 Å². The number of aromatic nitrogens is 3. The molecular formula is C18H25N5O. The van der Waals surface area contributed by atoms with E-state index in [1.165, 1.54) is 37.9 Å². The highest BCUT2D eigenvalue weighted by Gasteiger charge is 2.11. The number of carbonyl (C=O) groups excluding carboxylic acids is 1. The average molecular weight is 327 g/mol. The molecule has 0 spiro atoms. The highest BCUT2D eigenvalue weighted by Crippen LogP contribution is 2.13. The summed E-state index contributed by atoms with van der Waals surface area (Å²) in [5, 5.41) is 10.6. The first-order chi connectivity index (χ1) is 11.8. The Morgan fingerprint density at radius 2 is 1.92 bits per heavy atom. The van der Waals surface area contributed by atoms with Gasteiger partial charge in [-0.15, -0.1) is 5.10 Å². The molecule has 2 heterocycles. The van der Waals surface area contributed by atoms with Crippen molar-refractivity contribution in [2.24, 2.45) is 0 Å². The van der Waals surface area contributed by atoms with E-state index in [1.54, 1.807) is 10.9 Å². The predicted molar refractivity (Wildman–Crippen MR) is 92.5 cm³/mol. The largest absolute Gasteiger partial charge is 0.352 e. The summed E-state index contributed by atoms with van der Waals surface area (Å²) >= 11 is 0. The van der Waals surface area contributed by atoms with Crippen LogP contribution in [0.5, 0.6) is 0 Å². The minimum absolute atomic E-state index is 0.0156. The van der Waals surface area contributed by atoms with E-state index in [9.17, 15) is 4.79 Å². The fourth-order valence-electron chi connectivity index (χ4n) is 3.03. The standard InChI is InChI=1S/C18H25N5O/c24-18(19-9-4-13-23-14-10-20-21-23)17-7-5-16(6-8-17)15-22-11-2-1-3-12-22/h5-8,10,14H,1-4,9,11-13,15H2,(H,19,24). The predicted octanol–water partition coefficient (Wildman–Crippen LogP) is 2.08. The van der Waals surface area contributed by atoms with Crippen LogP contribution < -0.4 is 5.32 Å². The number of likely N-dealkylation sites (tertiary alicyclic amines) is 1. The molecule has 1 amide bonds. The van der Waals surface area contributed by atoms with Crippen LogP contribution in [0.2, 0.25) is 0 Å². The van der Waals surface area contributed by atoms with Crippen molar-refractivity contribution in [3.05, 3.63) is 47.8 Å². The smallest absolute Gasteiger partial charge is 0.251 e. The van der Waals surface area contributed by atoms with E-state index in [2.05, 4.69) is 32.7 Å². The van der Waals surface area contributed by atoms with Gasteiger partial charge in [0.15, 0.2) is 0 Å². The molecule has 1 N–H and O–H groups in total. The van der Waals surface area contributed by atoms with Gasteiger partial charge in [0.05, 0.1) is 6.20 Å². The summed E-state index contributed by atoms with van der Waals surface area (Å²) in [6, 6.07) is 7.98. The van der Waals surface area contributed by atoms with E-state index in [0.717, 1.165) is 25.1 Å². The van der Waals surface area contributed by atoms with E-state index >= 15 is 0 Å². The molecule has 0 radical (unpaired) electrons. The van der Waals surface area contributed by atoms with Gasteiger partial charge >= 0.3 is 0 Å². The Morgan fingerprint density at radius 1 is 1.12 bits per heavy atom. The first-order valence-electron chi connectivity index (χ1n) is 8.75.